The third kappa shape index (κ3) is 0.963. The fraction of sp³-hybridized carbons (Fsp3) is 0.111. The Balaban J connectivity index is 2.43. The lowest BCUT2D eigenvalue weighted by Crippen LogP contribution is -2.21. The molecule has 0 N–H and O–H groups in total. The lowest BCUT2D eigenvalue weighted by Gasteiger charge is -2.15. The maximum atomic E-state index is 11.2. The van der Waals surface area contributed by atoms with Gasteiger partial charge in [0.1, 0.15) is 6.04 Å². The van der Waals surface area contributed by atoms with Crippen LogP contribution in [0.2, 0.25) is 0 Å². The Morgan fingerprint density at radius 2 is 2.18 bits per heavy atom. The van der Waals surface area contributed by atoms with Gasteiger partial charge in [-0.2, -0.15) is 0 Å². The molecule has 0 saturated carbocycles. The van der Waals surface area contributed by atoms with Crippen LogP contribution in [-0.2, 0) is 4.79 Å². The summed E-state index contributed by atoms with van der Waals surface area (Å²) in [5.41, 5.74) is 0.986. The molecular formula is C9H7NO. The molecule has 0 spiro atoms. The van der Waals surface area contributed by atoms with Crippen molar-refractivity contribution in [2.75, 3.05) is 0 Å². The summed E-state index contributed by atoms with van der Waals surface area (Å²) in [6.07, 6.45) is 10.7. The summed E-state index contributed by atoms with van der Waals surface area (Å²) in [5.74, 6) is 0.0723. The van der Waals surface area contributed by atoms with E-state index in [1.165, 1.54) is 0 Å². The van der Waals surface area contributed by atoms with E-state index in [0.29, 0.717) is 0 Å². The molecule has 11 heavy (non-hydrogen) atoms. The van der Waals surface area contributed by atoms with Gasteiger partial charge < -0.3 is 0 Å². The maximum absolute atomic E-state index is 11.2. The summed E-state index contributed by atoms with van der Waals surface area (Å²) in [4.78, 5) is 15.2. The Morgan fingerprint density at radius 1 is 1.27 bits per heavy atom. The first-order valence-corrected chi connectivity index (χ1v) is 3.50. The predicted molar refractivity (Wildman–Crippen MR) is 43.7 cm³/mol. The van der Waals surface area contributed by atoms with E-state index < -0.39 is 0 Å². The molecule has 2 heteroatoms. The van der Waals surface area contributed by atoms with Crippen LogP contribution in [0.25, 0.3) is 0 Å². The fourth-order valence-electron chi connectivity index (χ4n) is 1.20. The zero-order valence-electron chi connectivity index (χ0n) is 5.90. The average molecular weight is 145 g/mol. The number of fused-ring (bicyclic) bond motifs is 1. The normalized spacial score (nSPS) is 26.7. The first-order chi connectivity index (χ1) is 5.38. The number of carbonyl (C=O) groups is 1. The van der Waals surface area contributed by atoms with Gasteiger partial charge in [0.2, 0.25) is 0 Å². The van der Waals surface area contributed by atoms with E-state index in [2.05, 4.69) is 4.99 Å². The van der Waals surface area contributed by atoms with Gasteiger partial charge in [-0.25, -0.2) is 0 Å². The topological polar surface area (TPSA) is 29.4 Å². The second-order valence-corrected chi connectivity index (χ2v) is 2.49. The van der Waals surface area contributed by atoms with Gasteiger partial charge in [-0.05, 0) is 17.7 Å². The third-order valence-corrected chi connectivity index (χ3v) is 1.74. The van der Waals surface area contributed by atoms with Crippen LogP contribution in [0.3, 0.4) is 0 Å². The van der Waals surface area contributed by atoms with E-state index in [9.17, 15) is 4.79 Å². The van der Waals surface area contributed by atoms with Crippen molar-refractivity contribution < 1.29 is 4.79 Å². The van der Waals surface area contributed by atoms with Crippen LogP contribution in [0.4, 0.5) is 0 Å². The predicted octanol–water partition coefficient (Wildman–Crippen LogP) is 1.06. The molecular weight excluding hydrogens is 138 g/mol. The quantitative estimate of drug-likeness (QED) is 0.501. The van der Waals surface area contributed by atoms with Gasteiger partial charge >= 0.3 is 0 Å². The van der Waals surface area contributed by atoms with Crippen LogP contribution in [0.5, 0.6) is 0 Å². The summed E-state index contributed by atoms with van der Waals surface area (Å²) >= 11 is 0. The van der Waals surface area contributed by atoms with Gasteiger partial charge in [0, 0.05) is 6.21 Å². The van der Waals surface area contributed by atoms with Crippen LogP contribution in [0.1, 0.15) is 0 Å². The van der Waals surface area contributed by atoms with Crippen molar-refractivity contribution in [1.29, 1.82) is 0 Å². The lowest BCUT2D eigenvalue weighted by atomic mass is 9.96. The van der Waals surface area contributed by atoms with E-state index in [4.69, 9.17) is 0 Å². The van der Waals surface area contributed by atoms with Crippen molar-refractivity contribution in [3.8, 4) is 0 Å². The molecule has 1 unspecified atom stereocenters. The monoisotopic (exact) mass is 145 g/mol. The number of rotatable bonds is 0. The molecule has 1 heterocycles. The number of hydrogen-bond acceptors (Lipinski definition) is 2. The summed E-state index contributed by atoms with van der Waals surface area (Å²) in [6.45, 7) is 0. The zero-order valence-corrected chi connectivity index (χ0v) is 5.90. The van der Waals surface area contributed by atoms with Crippen LogP contribution in [0.15, 0.2) is 40.9 Å². The van der Waals surface area contributed by atoms with Crippen molar-refractivity contribution in [2.45, 2.75) is 6.04 Å². The molecule has 0 fully saturated rings. The van der Waals surface area contributed by atoms with E-state index in [0.717, 1.165) is 5.57 Å². The standard InChI is InChI=1S/C9H7NO/c11-8-5-1-3-7-4-2-6-10-9(7)8/h1-6,9H. The van der Waals surface area contributed by atoms with Crippen LogP contribution in [0, 0.1) is 0 Å². The highest BCUT2D eigenvalue weighted by Gasteiger charge is 2.20. The number of aliphatic imine (C=N–C) groups is 1. The van der Waals surface area contributed by atoms with E-state index >= 15 is 0 Å². The minimum absolute atomic E-state index is 0.0723. The second kappa shape index (κ2) is 2.31. The lowest BCUT2D eigenvalue weighted by molar-refractivity contribution is -0.115. The molecule has 1 aliphatic carbocycles. The third-order valence-electron chi connectivity index (χ3n) is 1.74. The minimum atomic E-state index is -0.259. The molecule has 0 saturated heterocycles. The molecule has 2 aliphatic rings. The number of dihydropyridines is 1. The van der Waals surface area contributed by atoms with Crippen molar-refractivity contribution in [1.82, 2.24) is 0 Å². The number of hydrogen-bond donors (Lipinski definition) is 0. The molecule has 0 aromatic carbocycles. The summed E-state index contributed by atoms with van der Waals surface area (Å²) < 4.78 is 0. The van der Waals surface area contributed by atoms with Crippen LogP contribution >= 0.6 is 0 Å². The van der Waals surface area contributed by atoms with E-state index in [1.54, 1.807) is 18.4 Å². The van der Waals surface area contributed by atoms with Gasteiger partial charge in [-0.1, -0.05) is 18.2 Å². The Hall–Kier alpha value is -1.44. The average Bonchev–Trinajstić information content (AvgIpc) is 2.06. The van der Waals surface area contributed by atoms with Crippen molar-refractivity contribution >= 4 is 12.0 Å². The Morgan fingerprint density at radius 3 is 3.00 bits per heavy atom. The number of ketones is 1. The Labute approximate surface area is 64.6 Å². The van der Waals surface area contributed by atoms with E-state index in [-0.39, 0.29) is 11.8 Å². The summed E-state index contributed by atoms with van der Waals surface area (Å²) in [7, 11) is 0. The molecule has 1 aliphatic heterocycles. The highest BCUT2D eigenvalue weighted by Crippen LogP contribution is 2.16. The molecule has 54 valence electrons. The Bertz CT molecular complexity index is 308. The zero-order chi connectivity index (χ0) is 7.68. The fourth-order valence-corrected chi connectivity index (χ4v) is 1.20. The highest BCUT2D eigenvalue weighted by molar-refractivity contribution is 6.01. The maximum Gasteiger partial charge on any atom is 0.184 e. The molecule has 0 radical (unpaired) electrons. The first-order valence-electron chi connectivity index (χ1n) is 3.50. The molecule has 0 amide bonds. The molecule has 0 aromatic rings. The van der Waals surface area contributed by atoms with Crippen molar-refractivity contribution in [2.24, 2.45) is 4.99 Å². The first kappa shape index (κ1) is 6.28. The smallest absolute Gasteiger partial charge is 0.184 e. The van der Waals surface area contributed by atoms with Gasteiger partial charge in [0.15, 0.2) is 5.78 Å². The molecule has 2 nitrogen and oxygen atoms in total. The molecule has 0 bridgehead atoms. The highest BCUT2D eigenvalue weighted by atomic mass is 16.1. The van der Waals surface area contributed by atoms with Crippen molar-refractivity contribution in [3.63, 3.8) is 0 Å². The number of allylic oxidation sites excluding steroid dienone is 3. The summed E-state index contributed by atoms with van der Waals surface area (Å²) in [5, 5.41) is 0. The second-order valence-electron chi connectivity index (χ2n) is 2.49. The molecule has 0 aromatic heterocycles. The van der Waals surface area contributed by atoms with Gasteiger partial charge in [-0.3, -0.25) is 9.79 Å². The minimum Gasteiger partial charge on any atom is -0.292 e. The van der Waals surface area contributed by atoms with Gasteiger partial charge in [0.25, 0.3) is 0 Å². The number of carbonyl (C=O) groups excluding carboxylic acids is 1. The van der Waals surface area contributed by atoms with Crippen LogP contribution < -0.4 is 0 Å². The Kier molecular flexibility index (Phi) is 1.32. The van der Waals surface area contributed by atoms with E-state index in [1.807, 2.05) is 18.2 Å². The molecule has 1 atom stereocenters. The number of nitrogens with zero attached hydrogens (tertiary/aromatic N) is 1. The van der Waals surface area contributed by atoms with Gasteiger partial charge in [0.05, 0.1) is 0 Å². The molecule has 2 rings (SSSR count). The summed E-state index contributed by atoms with van der Waals surface area (Å²) in [6, 6.07) is -0.259. The van der Waals surface area contributed by atoms with Crippen LogP contribution in [-0.4, -0.2) is 18.0 Å². The SMILES string of the molecule is O=C1C=CC=C2C=CC=NC12. The van der Waals surface area contributed by atoms with Gasteiger partial charge in [-0.15, -0.1) is 0 Å². The van der Waals surface area contributed by atoms with Crippen molar-refractivity contribution in [3.05, 3.63) is 36.0 Å². The largest absolute Gasteiger partial charge is 0.292 e.